The van der Waals surface area contributed by atoms with Crippen molar-refractivity contribution in [3.63, 3.8) is 0 Å². The van der Waals surface area contributed by atoms with E-state index in [0.29, 0.717) is 6.42 Å². The van der Waals surface area contributed by atoms with Gasteiger partial charge in [-0.05, 0) is 13.3 Å². The van der Waals surface area contributed by atoms with E-state index < -0.39 is 12.2 Å². The Bertz CT molecular complexity index is 307. The van der Waals surface area contributed by atoms with Gasteiger partial charge in [-0.2, -0.15) is 0 Å². The van der Waals surface area contributed by atoms with Crippen LogP contribution in [0, 0.1) is 0 Å². The third kappa shape index (κ3) is 14.2. The summed E-state index contributed by atoms with van der Waals surface area (Å²) in [6.45, 7) is 4.07. The van der Waals surface area contributed by atoms with Gasteiger partial charge in [0.1, 0.15) is 0 Å². The fourth-order valence-electron chi connectivity index (χ4n) is 2.45. The second-order valence-electron chi connectivity index (χ2n) is 6.01. The van der Waals surface area contributed by atoms with Crippen LogP contribution >= 0.6 is 0 Å². The normalized spacial score (nSPS) is 12.0. The van der Waals surface area contributed by atoms with Crippen LogP contribution in [0.2, 0.25) is 0 Å². The molecule has 0 heterocycles. The summed E-state index contributed by atoms with van der Waals surface area (Å²) >= 11 is 0. The standard InChI is InChI=1S/C18H35NO4/c1-3-5-6-7-8-9-10-11-12-13-14-15-16(20)19-17(21)18(22)23-4-2/h17,21H,3-15H2,1-2H3,(H,19,20)/t17-/m0/s1. The van der Waals surface area contributed by atoms with Crippen LogP contribution in [0.25, 0.3) is 0 Å². The third-order valence-electron chi connectivity index (χ3n) is 3.81. The molecule has 0 aliphatic rings. The molecule has 136 valence electrons. The number of rotatable bonds is 15. The quantitative estimate of drug-likeness (QED) is 0.273. The lowest BCUT2D eigenvalue weighted by Crippen LogP contribution is -2.41. The van der Waals surface area contributed by atoms with Gasteiger partial charge in [0.2, 0.25) is 12.1 Å². The fraction of sp³-hybridized carbons (Fsp3) is 0.889. The molecule has 0 aromatic heterocycles. The molecule has 0 fully saturated rings. The van der Waals surface area contributed by atoms with Gasteiger partial charge in [-0.1, -0.05) is 71.1 Å². The molecule has 5 heteroatoms. The van der Waals surface area contributed by atoms with Gasteiger partial charge in [0.25, 0.3) is 0 Å². The van der Waals surface area contributed by atoms with E-state index in [4.69, 9.17) is 0 Å². The molecule has 0 bridgehead atoms. The smallest absolute Gasteiger partial charge is 0.356 e. The maximum atomic E-state index is 11.5. The molecule has 0 aromatic carbocycles. The highest BCUT2D eigenvalue weighted by atomic mass is 16.5. The summed E-state index contributed by atoms with van der Waals surface area (Å²) in [6, 6.07) is 0. The zero-order valence-electron chi connectivity index (χ0n) is 14.9. The van der Waals surface area contributed by atoms with Crippen molar-refractivity contribution in [1.29, 1.82) is 0 Å². The number of ether oxygens (including phenoxy) is 1. The summed E-state index contributed by atoms with van der Waals surface area (Å²) in [6.07, 6.45) is 12.3. The Morgan fingerprint density at radius 2 is 1.35 bits per heavy atom. The lowest BCUT2D eigenvalue weighted by atomic mass is 10.1. The van der Waals surface area contributed by atoms with Gasteiger partial charge in [-0.15, -0.1) is 0 Å². The molecule has 0 saturated heterocycles. The number of esters is 1. The number of hydrogen-bond acceptors (Lipinski definition) is 4. The van der Waals surface area contributed by atoms with Gasteiger partial charge in [-0.3, -0.25) is 4.79 Å². The van der Waals surface area contributed by atoms with Crippen molar-refractivity contribution in [3.8, 4) is 0 Å². The number of nitrogens with one attached hydrogen (secondary N) is 1. The Labute approximate surface area is 141 Å². The van der Waals surface area contributed by atoms with Crippen LogP contribution in [0.15, 0.2) is 0 Å². The minimum atomic E-state index is -1.55. The van der Waals surface area contributed by atoms with Crippen molar-refractivity contribution in [2.45, 2.75) is 97.1 Å². The van der Waals surface area contributed by atoms with Crippen molar-refractivity contribution in [3.05, 3.63) is 0 Å². The molecule has 0 aromatic rings. The summed E-state index contributed by atoms with van der Waals surface area (Å²) in [5.41, 5.74) is 0. The summed E-state index contributed by atoms with van der Waals surface area (Å²) in [5, 5.41) is 11.6. The Balaban J connectivity index is 3.37. The molecule has 5 nitrogen and oxygen atoms in total. The van der Waals surface area contributed by atoms with Gasteiger partial charge in [0.05, 0.1) is 6.61 Å². The zero-order valence-corrected chi connectivity index (χ0v) is 14.9. The summed E-state index contributed by atoms with van der Waals surface area (Å²) in [4.78, 5) is 22.7. The highest BCUT2D eigenvalue weighted by Gasteiger charge is 2.17. The zero-order chi connectivity index (χ0) is 17.3. The SMILES string of the molecule is CCCCCCCCCCCCCC(=O)N[C@@H](O)C(=O)OCC. The first-order valence-electron chi connectivity index (χ1n) is 9.25. The van der Waals surface area contributed by atoms with Crippen LogP contribution in [-0.2, 0) is 14.3 Å². The molecule has 1 atom stereocenters. The topological polar surface area (TPSA) is 75.6 Å². The first-order valence-corrected chi connectivity index (χ1v) is 9.25. The predicted octanol–water partition coefficient (Wildman–Crippen LogP) is 3.69. The minimum absolute atomic E-state index is 0.185. The molecule has 0 radical (unpaired) electrons. The average Bonchev–Trinajstić information content (AvgIpc) is 2.52. The number of carbonyl (C=O) groups is 2. The molecule has 0 saturated carbocycles. The largest absolute Gasteiger partial charge is 0.463 e. The first kappa shape index (κ1) is 21.9. The maximum Gasteiger partial charge on any atom is 0.356 e. The predicted molar refractivity (Wildman–Crippen MR) is 91.9 cm³/mol. The molecule has 0 spiro atoms. The van der Waals surface area contributed by atoms with Crippen LogP contribution < -0.4 is 5.32 Å². The van der Waals surface area contributed by atoms with Gasteiger partial charge in [0, 0.05) is 6.42 Å². The Kier molecular flexibility index (Phi) is 15.0. The molecule has 2 N–H and O–H groups in total. The lowest BCUT2D eigenvalue weighted by molar-refractivity contribution is -0.157. The van der Waals surface area contributed by atoms with Crippen LogP contribution in [0.5, 0.6) is 0 Å². The van der Waals surface area contributed by atoms with Gasteiger partial charge in [-0.25, -0.2) is 4.79 Å². The summed E-state index contributed by atoms with van der Waals surface area (Å²) in [7, 11) is 0. The number of carbonyl (C=O) groups excluding carboxylic acids is 2. The van der Waals surface area contributed by atoms with E-state index in [1.807, 2.05) is 0 Å². The number of unbranched alkanes of at least 4 members (excludes halogenated alkanes) is 10. The highest BCUT2D eigenvalue weighted by Crippen LogP contribution is 2.11. The first-order chi connectivity index (χ1) is 11.1. The second kappa shape index (κ2) is 15.8. The van der Waals surface area contributed by atoms with Crippen molar-refractivity contribution in [2.75, 3.05) is 6.61 Å². The van der Waals surface area contributed by atoms with Crippen LogP contribution in [0.1, 0.15) is 90.9 Å². The van der Waals surface area contributed by atoms with Crippen LogP contribution in [-0.4, -0.2) is 29.8 Å². The average molecular weight is 329 g/mol. The monoisotopic (exact) mass is 329 g/mol. The molecule has 0 aliphatic carbocycles. The van der Waals surface area contributed by atoms with Crippen molar-refractivity contribution >= 4 is 11.9 Å². The number of aliphatic hydroxyl groups is 1. The Hall–Kier alpha value is -1.10. The van der Waals surface area contributed by atoms with E-state index in [1.165, 1.54) is 51.4 Å². The third-order valence-corrected chi connectivity index (χ3v) is 3.81. The molecular weight excluding hydrogens is 294 g/mol. The van der Waals surface area contributed by atoms with E-state index in [1.54, 1.807) is 6.92 Å². The second-order valence-corrected chi connectivity index (χ2v) is 6.01. The molecule has 1 amide bonds. The number of hydrogen-bond donors (Lipinski definition) is 2. The minimum Gasteiger partial charge on any atom is -0.463 e. The Morgan fingerprint density at radius 3 is 1.83 bits per heavy atom. The summed E-state index contributed by atoms with van der Waals surface area (Å²) < 4.78 is 4.61. The van der Waals surface area contributed by atoms with E-state index >= 15 is 0 Å². The van der Waals surface area contributed by atoms with Crippen molar-refractivity contribution in [2.24, 2.45) is 0 Å². The molecule has 0 unspecified atom stereocenters. The van der Waals surface area contributed by atoms with Crippen LogP contribution in [0.4, 0.5) is 0 Å². The van der Waals surface area contributed by atoms with Crippen molar-refractivity contribution < 1.29 is 19.4 Å². The van der Waals surface area contributed by atoms with Crippen molar-refractivity contribution in [1.82, 2.24) is 5.32 Å². The van der Waals surface area contributed by atoms with Gasteiger partial charge < -0.3 is 15.2 Å². The lowest BCUT2D eigenvalue weighted by Gasteiger charge is -2.11. The maximum absolute atomic E-state index is 11.5. The summed E-state index contributed by atoms with van der Waals surface area (Å²) in [5.74, 6) is -1.11. The molecule has 0 rings (SSSR count). The van der Waals surface area contributed by atoms with Crippen LogP contribution in [0.3, 0.4) is 0 Å². The number of amides is 1. The molecular formula is C18H35NO4. The van der Waals surface area contributed by atoms with Gasteiger partial charge in [0.15, 0.2) is 0 Å². The highest BCUT2D eigenvalue weighted by molar-refractivity contribution is 5.83. The van der Waals surface area contributed by atoms with E-state index in [0.717, 1.165) is 19.3 Å². The Morgan fingerprint density at radius 1 is 0.870 bits per heavy atom. The molecule has 0 aliphatic heterocycles. The van der Waals surface area contributed by atoms with E-state index in [9.17, 15) is 14.7 Å². The molecule has 23 heavy (non-hydrogen) atoms. The number of aliphatic hydroxyl groups excluding tert-OH is 1. The van der Waals surface area contributed by atoms with E-state index in [2.05, 4.69) is 17.0 Å². The fourth-order valence-corrected chi connectivity index (χ4v) is 2.45. The van der Waals surface area contributed by atoms with E-state index in [-0.39, 0.29) is 12.5 Å². The van der Waals surface area contributed by atoms with Gasteiger partial charge >= 0.3 is 5.97 Å².